The summed E-state index contributed by atoms with van der Waals surface area (Å²) in [5.74, 6) is -0.746. The van der Waals surface area contributed by atoms with Crippen molar-refractivity contribution in [2.75, 3.05) is 0 Å². The Hall–Kier alpha value is -1.68. The summed E-state index contributed by atoms with van der Waals surface area (Å²) in [6.07, 6.45) is -0.796. The Morgan fingerprint density at radius 1 is 1.00 bits per heavy atom. The Kier molecular flexibility index (Phi) is 5.90. The first kappa shape index (κ1) is 21.4. The highest BCUT2D eigenvalue weighted by molar-refractivity contribution is 5.85. The Morgan fingerprint density at radius 2 is 1.52 bits per heavy atom. The first-order chi connectivity index (χ1) is 11.1. The number of carbonyl (C=O) groups is 2. The predicted octanol–water partition coefficient (Wildman–Crippen LogP) is 4.47. The number of carbonyl (C=O) groups excluding carboxylic acids is 2. The predicted molar refractivity (Wildman–Crippen MR) is 100 cm³/mol. The summed E-state index contributed by atoms with van der Waals surface area (Å²) >= 11 is 0. The molecule has 0 spiro atoms. The van der Waals surface area contributed by atoms with Gasteiger partial charge in [0.1, 0.15) is 11.9 Å². The molecule has 0 fully saturated rings. The lowest BCUT2D eigenvalue weighted by atomic mass is 9.76. The molecule has 0 saturated heterocycles. The van der Waals surface area contributed by atoms with Crippen molar-refractivity contribution in [3.05, 3.63) is 34.4 Å². The molecular formula is C21H32O4. The van der Waals surface area contributed by atoms with E-state index in [0.29, 0.717) is 17.4 Å². The van der Waals surface area contributed by atoms with Crippen LogP contribution in [0.2, 0.25) is 0 Å². The zero-order valence-electron chi connectivity index (χ0n) is 17.0. The second kappa shape index (κ2) is 6.91. The highest BCUT2D eigenvalue weighted by Crippen LogP contribution is 2.37. The summed E-state index contributed by atoms with van der Waals surface area (Å²) in [4.78, 5) is 24.1. The number of ether oxygens (including phenoxy) is 1. The van der Waals surface area contributed by atoms with Crippen LogP contribution >= 0.6 is 0 Å². The lowest BCUT2D eigenvalue weighted by Gasteiger charge is -2.30. The normalized spacial score (nSPS) is 14.2. The van der Waals surface area contributed by atoms with E-state index in [1.807, 2.05) is 26.8 Å². The van der Waals surface area contributed by atoms with Gasteiger partial charge in [0, 0.05) is 11.1 Å². The molecule has 0 saturated carbocycles. The molecule has 140 valence electrons. The van der Waals surface area contributed by atoms with Gasteiger partial charge in [-0.2, -0.15) is 0 Å². The molecule has 4 nitrogen and oxygen atoms in total. The molecule has 0 aliphatic rings. The van der Waals surface area contributed by atoms with Gasteiger partial charge in [0.05, 0.1) is 0 Å². The molecule has 0 radical (unpaired) electrons. The number of hydrogen-bond acceptors (Lipinski definition) is 4. The Morgan fingerprint density at radius 3 is 1.88 bits per heavy atom. The Labute approximate surface area is 151 Å². The number of rotatable bonds is 3. The number of aliphatic hydroxyl groups excluding tert-OH is 1. The maximum Gasteiger partial charge on any atom is 0.340 e. The van der Waals surface area contributed by atoms with Crippen LogP contribution in [-0.2, 0) is 20.4 Å². The van der Waals surface area contributed by atoms with E-state index in [9.17, 15) is 14.7 Å². The molecule has 1 aromatic carbocycles. The van der Waals surface area contributed by atoms with Gasteiger partial charge in [-0.3, -0.25) is 4.79 Å². The van der Waals surface area contributed by atoms with Gasteiger partial charge < -0.3 is 9.84 Å². The highest BCUT2D eigenvalue weighted by Gasteiger charge is 2.33. The minimum Gasteiger partial charge on any atom is -0.458 e. The van der Waals surface area contributed by atoms with Crippen LogP contribution in [0.1, 0.15) is 95.5 Å². The van der Waals surface area contributed by atoms with Crippen molar-refractivity contribution in [1.29, 1.82) is 0 Å². The lowest BCUT2D eigenvalue weighted by Crippen LogP contribution is -2.30. The molecule has 0 bridgehead atoms. The van der Waals surface area contributed by atoms with Crippen LogP contribution in [0.15, 0.2) is 12.1 Å². The topological polar surface area (TPSA) is 63.6 Å². The van der Waals surface area contributed by atoms with Gasteiger partial charge in [-0.25, -0.2) is 4.79 Å². The average Bonchev–Trinajstić information content (AvgIpc) is 2.41. The summed E-state index contributed by atoms with van der Waals surface area (Å²) in [7, 11) is 0. The molecule has 0 aliphatic heterocycles. The largest absolute Gasteiger partial charge is 0.458 e. The third kappa shape index (κ3) is 5.40. The van der Waals surface area contributed by atoms with E-state index in [2.05, 4.69) is 20.8 Å². The van der Waals surface area contributed by atoms with Crippen LogP contribution in [0.4, 0.5) is 0 Å². The molecule has 1 N–H and O–H groups in total. The number of aliphatic hydroxyl groups is 1. The van der Waals surface area contributed by atoms with E-state index in [1.165, 1.54) is 0 Å². The zero-order valence-corrected chi connectivity index (χ0v) is 17.0. The van der Waals surface area contributed by atoms with E-state index >= 15 is 0 Å². The standard InChI is InChI=1S/C21H32O4/c1-19(2,3)14-10-13(12-22)16(15(11-14)20(4,5)6)17(23)18(24)25-21(7,8)9/h10-12,17,23H,1-9H3. The summed E-state index contributed by atoms with van der Waals surface area (Å²) in [6, 6.07) is 3.74. The van der Waals surface area contributed by atoms with Gasteiger partial charge in [-0.05, 0) is 48.8 Å². The van der Waals surface area contributed by atoms with Gasteiger partial charge in [-0.15, -0.1) is 0 Å². The smallest absolute Gasteiger partial charge is 0.340 e. The maximum absolute atomic E-state index is 12.4. The van der Waals surface area contributed by atoms with E-state index in [0.717, 1.165) is 11.1 Å². The van der Waals surface area contributed by atoms with E-state index in [-0.39, 0.29) is 10.8 Å². The SMILES string of the molecule is CC(C)(C)OC(=O)C(O)c1c(C=O)cc(C(C)(C)C)cc1C(C)(C)C. The van der Waals surface area contributed by atoms with Crippen LogP contribution in [0, 0.1) is 0 Å². The second-order valence-corrected chi connectivity index (χ2v) is 9.58. The van der Waals surface area contributed by atoms with Crippen molar-refractivity contribution >= 4 is 12.3 Å². The second-order valence-electron chi connectivity index (χ2n) is 9.58. The van der Waals surface area contributed by atoms with Crippen molar-refractivity contribution in [2.45, 2.75) is 84.8 Å². The third-order valence-corrected chi connectivity index (χ3v) is 3.92. The van der Waals surface area contributed by atoms with E-state index < -0.39 is 17.7 Å². The van der Waals surface area contributed by atoms with Crippen molar-refractivity contribution < 1.29 is 19.4 Å². The minimum absolute atomic E-state index is 0.160. The fourth-order valence-electron chi connectivity index (χ4n) is 2.61. The van der Waals surface area contributed by atoms with Crippen molar-refractivity contribution in [3.8, 4) is 0 Å². The van der Waals surface area contributed by atoms with Crippen molar-refractivity contribution in [2.24, 2.45) is 0 Å². The fraction of sp³-hybridized carbons (Fsp3) is 0.619. The number of benzene rings is 1. The number of hydrogen-bond donors (Lipinski definition) is 1. The Balaban J connectivity index is 3.62. The van der Waals surface area contributed by atoms with Gasteiger partial charge in [0.2, 0.25) is 0 Å². The average molecular weight is 348 g/mol. The molecule has 4 heteroatoms. The molecule has 1 aromatic rings. The van der Waals surface area contributed by atoms with Crippen LogP contribution < -0.4 is 0 Å². The van der Waals surface area contributed by atoms with Gasteiger partial charge in [0.25, 0.3) is 0 Å². The highest BCUT2D eigenvalue weighted by atomic mass is 16.6. The number of esters is 1. The molecule has 25 heavy (non-hydrogen) atoms. The molecule has 0 amide bonds. The molecule has 0 heterocycles. The van der Waals surface area contributed by atoms with Crippen LogP contribution in [0.25, 0.3) is 0 Å². The third-order valence-electron chi connectivity index (χ3n) is 3.92. The lowest BCUT2D eigenvalue weighted by molar-refractivity contribution is -0.165. The summed E-state index contributed by atoms with van der Waals surface area (Å²) in [5, 5.41) is 10.7. The zero-order chi connectivity index (χ0) is 19.8. The summed E-state index contributed by atoms with van der Waals surface area (Å²) < 4.78 is 5.31. The van der Waals surface area contributed by atoms with Crippen LogP contribution in [-0.4, -0.2) is 23.0 Å². The summed E-state index contributed by atoms with van der Waals surface area (Å²) in [6.45, 7) is 17.4. The Bertz CT molecular complexity index is 652. The van der Waals surface area contributed by atoms with Gasteiger partial charge in [0.15, 0.2) is 6.10 Å². The van der Waals surface area contributed by atoms with Gasteiger partial charge >= 0.3 is 5.97 Å². The minimum atomic E-state index is -1.50. The maximum atomic E-state index is 12.4. The van der Waals surface area contributed by atoms with Crippen LogP contribution in [0.3, 0.4) is 0 Å². The molecule has 0 aromatic heterocycles. The van der Waals surface area contributed by atoms with Crippen LogP contribution in [0.5, 0.6) is 0 Å². The van der Waals surface area contributed by atoms with E-state index in [4.69, 9.17) is 4.74 Å². The molecule has 0 aliphatic carbocycles. The molecular weight excluding hydrogens is 316 g/mol. The van der Waals surface area contributed by atoms with Gasteiger partial charge in [-0.1, -0.05) is 47.6 Å². The molecule has 1 unspecified atom stereocenters. The molecule has 1 rings (SSSR count). The first-order valence-corrected chi connectivity index (χ1v) is 8.63. The van der Waals surface area contributed by atoms with Crippen molar-refractivity contribution in [1.82, 2.24) is 0 Å². The quantitative estimate of drug-likeness (QED) is 0.646. The first-order valence-electron chi connectivity index (χ1n) is 8.63. The molecule has 1 atom stereocenters. The number of aldehydes is 1. The summed E-state index contributed by atoms with van der Waals surface area (Å²) in [5.41, 5.74) is 1.21. The van der Waals surface area contributed by atoms with Crippen molar-refractivity contribution in [3.63, 3.8) is 0 Å². The fourth-order valence-corrected chi connectivity index (χ4v) is 2.61. The van der Waals surface area contributed by atoms with E-state index in [1.54, 1.807) is 26.8 Å². The monoisotopic (exact) mass is 348 g/mol.